The molecule has 0 amide bonds. The zero-order chi connectivity index (χ0) is 14.4. The van der Waals surface area contributed by atoms with E-state index in [1.807, 2.05) is 7.05 Å². The lowest BCUT2D eigenvalue weighted by Gasteiger charge is -2.21. The molecule has 1 saturated carbocycles. The van der Waals surface area contributed by atoms with Crippen molar-refractivity contribution in [2.24, 2.45) is 5.92 Å². The van der Waals surface area contributed by atoms with E-state index in [-0.39, 0.29) is 0 Å². The second kappa shape index (κ2) is 7.64. The molecular formula is C19H29N. The normalized spacial score (nSPS) is 22.1. The molecule has 2 unspecified atom stereocenters. The third-order valence-corrected chi connectivity index (χ3v) is 4.66. The standard InChI is InChI=1S/C19H29N/c1-4-7-15-10-11-19(17(14-15)12-13-20-3)18-9-6-8-16(18)5-2/h5,10-11,14,16,18,20H,2,4,6-9,12-13H2,1,3H3. The number of aryl methyl sites for hydroxylation is 1. The van der Waals surface area contributed by atoms with Crippen LogP contribution < -0.4 is 5.32 Å². The van der Waals surface area contributed by atoms with Crippen LogP contribution in [-0.2, 0) is 12.8 Å². The number of allylic oxidation sites excluding steroid dienone is 1. The molecule has 0 radical (unpaired) electrons. The average molecular weight is 271 g/mol. The van der Waals surface area contributed by atoms with E-state index in [1.54, 1.807) is 11.1 Å². The quantitative estimate of drug-likeness (QED) is 0.721. The molecule has 1 N–H and O–H groups in total. The van der Waals surface area contributed by atoms with Gasteiger partial charge < -0.3 is 5.32 Å². The number of hydrogen-bond acceptors (Lipinski definition) is 1. The summed E-state index contributed by atoms with van der Waals surface area (Å²) in [5.74, 6) is 1.38. The van der Waals surface area contributed by atoms with Crippen LogP contribution in [0.5, 0.6) is 0 Å². The van der Waals surface area contributed by atoms with E-state index in [0.29, 0.717) is 11.8 Å². The summed E-state index contributed by atoms with van der Waals surface area (Å²) in [5.41, 5.74) is 4.64. The molecule has 1 aliphatic rings. The Hall–Kier alpha value is -1.08. The zero-order valence-corrected chi connectivity index (χ0v) is 13.1. The van der Waals surface area contributed by atoms with Gasteiger partial charge in [-0.1, -0.05) is 44.0 Å². The molecule has 0 saturated heterocycles. The Morgan fingerprint density at radius 1 is 1.30 bits per heavy atom. The molecule has 0 bridgehead atoms. The highest BCUT2D eigenvalue weighted by Gasteiger charge is 2.27. The topological polar surface area (TPSA) is 12.0 Å². The van der Waals surface area contributed by atoms with Crippen LogP contribution in [0.4, 0.5) is 0 Å². The van der Waals surface area contributed by atoms with Crippen LogP contribution in [0.1, 0.15) is 55.2 Å². The van der Waals surface area contributed by atoms with E-state index in [9.17, 15) is 0 Å². The smallest absolute Gasteiger partial charge is 0.00113 e. The first-order valence-corrected chi connectivity index (χ1v) is 8.19. The molecule has 110 valence electrons. The maximum Gasteiger partial charge on any atom is -0.00113 e. The summed E-state index contributed by atoms with van der Waals surface area (Å²) in [6, 6.07) is 7.21. The Kier molecular flexibility index (Phi) is 5.85. The van der Waals surface area contributed by atoms with Crippen LogP contribution in [0.15, 0.2) is 30.9 Å². The summed E-state index contributed by atoms with van der Waals surface area (Å²) in [6.07, 6.45) is 9.74. The van der Waals surface area contributed by atoms with Crippen molar-refractivity contribution in [3.8, 4) is 0 Å². The zero-order valence-electron chi connectivity index (χ0n) is 13.1. The highest BCUT2D eigenvalue weighted by Crippen LogP contribution is 2.41. The molecular weight excluding hydrogens is 242 g/mol. The Morgan fingerprint density at radius 3 is 2.85 bits per heavy atom. The summed E-state index contributed by atoms with van der Waals surface area (Å²) >= 11 is 0. The first kappa shape index (κ1) is 15.3. The molecule has 0 aromatic heterocycles. The van der Waals surface area contributed by atoms with Gasteiger partial charge in [-0.05, 0) is 67.8 Å². The summed E-state index contributed by atoms with van der Waals surface area (Å²) in [4.78, 5) is 0. The van der Waals surface area contributed by atoms with Gasteiger partial charge in [0.25, 0.3) is 0 Å². The Labute approximate surface area is 124 Å². The van der Waals surface area contributed by atoms with Gasteiger partial charge in [0.15, 0.2) is 0 Å². The maximum absolute atomic E-state index is 4.04. The highest BCUT2D eigenvalue weighted by atomic mass is 14.8. The van der Waals surface area contributed by atoms with Gasteiger partial charge in [0.1, 0.15) is 0 Å². The van der Waals surface area contributed by atoms with Gasteiger partial charge in [-0.25, -0.2) is 0 Å². The number of rotatable bonds is 7. The molecule has 0 aliphatic heterocycles. The van der Waals surface area contributed by atoms with E-state index in [1.165, 1.54) is 37.7 Å². The van der Waals surface area contributed by atoms with Gasteiger partial charge >= 0.3 is 0 Å². The van der Waals surface area contributed by atoms with Crippen molar-refractivity contribution in [2.45, 2.75) is 51.4 Å². The molecule has 2 atom stereocenters. The number of nitrogens with one attached hydrogen (secondary N) is 1. The average Bonchev–Trinajstić information content (AvgIpc) is 2.94. The van der Waals surface area contributed by atoms with E-state index < -0.39 is 0 Å². The molecule has 1 aliphatic carbocycles. The fourth-order valence-electron chi connectivity index (χ4n) is 3.60. The lowest BCUT2D eigenvalue weighted by Crippen LogP contribution is -2.14. The van der Waals surface area contributed by atoms with Crippen molar-refractivity contribution in [3.63, 3.8) is 0 Å². The highest BCUT2D eigenvalue weighted by molar-refractivity contribution is 5.36. The largest absolute Gasteiger partial charge is 0.319 e. The summed E-state index contributed by atoms with van der Waals surface area (Å²) in [6.45, 7) is 7.36. The lowest BCUT2D eigenvalue weighted by atomic mass is 9.84. The van der Waals surface area contributed by atoms with Gasteiger partial charge in [-0.3, -0.25) is 0 Å². The predicted molar refractivity (Wildman–Crippen MR) is 88.3 cm³/mol. The second-order valence-electron chi connectivity index (χ2n) is 6.07. The molecule has 1 aromatic carbocycles. The second-order valence-corrected chi connectivity index (χ2v) is 6.07. The summed E-state index contributed by atoms with van der Waals surface area (Å²) < 4.78 is 0. The molecule has 1 fully saturated rings. The molecule has 0 heterocycles. The Bertz CT molecular complexity index is 435. The molecule has 1 aromatic rings. The van der Waals surface area contributed by atoms with Gasteiger partial charge in [0.2, 0.25) is 0 Å². The van der Waals surface area contributed by atoms with Gasteiger partial charge in [0.05, 0.1) is 0 Å². The van der Waals surface area contributed by atoms with Gasteiger partial charge in [0, 0.05) is 0 Å². The minimum atomic E-state index is 0.681. The van der Waals surface area contributed by atoms with E-state index in [4.69, 9.17) is 0 Å². The monoisotopic (exact) mass is 271 g/mol. The lowest BCUT2D eigenvalue weighted by molar-refractivity contribution is 0.585. The van der Waals surface area contributed by atoms with E-state index in [0.717, 1.165) is 13.0 Å². The SMILES string of the molecule is C=CC1CCCC1c1ccc(CCC)cc1CCNC. The van der Waals surface area contributed by atoms with Crippen LogP contribution in [-0.4, -0.2) is 13.6 Å². The summed E-state index contributed by atoms with van der Waals surface area (Å²) in [5, 5.41) is 3.29. The molecule has 0 spiro atoms. The van der Waals surface area contributed by atoms with Crippen LogP contribution in [0.3, 0.4) is 0 Å². The number of likely N-dealkylation sites (N-methyl/N-ethyl adjacent to an activating group) is 1. The molecule has 2 rings (SSSR count). The van der Waals surface area contributed by atoms with Crippen molar-refractivity contribution >= 4 is 0 Å². The minimum absolute atomic E-state index is 0.681. The molecule has 1 nitrogen and oxygen atoms in total. The number of benzene rings is 1. The maximum atomic E-state index is 4.04. The van der Waals surface area contributed by atoms with Crippen LogP contribution >= 0.6 is 0 Å². The van der Waals surface area contributed by atoms with Crippen molar-refractivity contribution in [1.29, 1.82) is 0 Å². The minimum Gasteiger partial charge on any atom is -0.319 e. The van der Waals surface area contributed by atoms with E-state index >= 15 is 0 Å². The van der Waals surface area contributed by atoms with Gasteiger partial charge in [-0.2, -0.15) is 0 Å². The molecule has 20 heavy (non-hydrogen) atoms. The number of hydrogen-bond donors (Lipinski definition) is 1. The fourth-order valence-corrected chi connectivity index (χ4v) is 3.60. The van der Waals surface area contributed by atoms with Crippen molar-refractivity contribution in [1.82, 2.24) is 5.32 Å². The van der Waals surface area contributed by atoms with Crippen molar-refractivity contribution in [2.75, 3.05) is 13.6 Å². The third-order valence-electron chi connectivity index (χ3n) is 4.66. The van der Waals surface area contributed by atoms with Gasteiger partial charge in [-0.15, -0.1) is 6.58 Å². The first-order valence-electron chi connectivity index (χ1n) is 8.19. The summed E-state index contributed by atoms with van der Waals surface area (Å²) in [7, 11) is 2.04. The third kappa shape index (κ3) is 3.52. The predicted octanol–water partition coefficient (Wildman–Crippen LogP) is 4.47. The van der Waals surface area contributed by atoms with Crippen LogP contribution in [0.2, 0.25) is 0 Å². The fraction of sp³-hybridized carbons (Fsp3) is 0.579. The Morgan fingerprint density at radius 2 is 2.15 bits per heavy atom. The molecule has 1 heteroatoms. The Balaban J connectivity index is 2.27. The van der Waals surface area contributed by atoms with Crippen LogP contribution in [0, 0.1) is 5.92 Å². The van der Waals surface area contributed by atoms with Crippen molar-refractivity contribution in [3.05, 3.63) is 47.5 Å². The van der Waals surface area contributed by atoms with Crippen LogP contribution in [0.25, 0.3) is 0 Å². The van der Waals surface area contributed by atoms with Crippen molar-refractivity contribution < 1.29 is 0 Å². The van der Waals surface area contributed by atoms with E-state index in [2.05, 4.69) is 43.1 Å². The first-order chi connectivity index (χ1) is 9.80.